The Labute approximate surface area is 149 Å². The lowest BCUT2D eigenvalue weighted by atomic mass is 9.90. The van der Waals surface area contributed by atoms with E-state index in [-0.39, 0.29) is 18.9 Å². The van der Waals surface area contributed by atoms with Crippen LogP contribution in [-0.2, 0) is 33.6 Å². The maximum absolute atomic E-state index is 11.7. The molecule has 132 valence electrons. The number of amides is 1. The molecule has 1 amide bonds. The number of aromatic nitrogens is 1. The Hall–Kier alpha value is -2.25. The number of carbonyl (C=O) groups excluding carboxylic acids is 1. The van der Waals surface area contributed by atoms with Crippen molar-refractivity contribution in [3.8, 4) is 11.3 Å². The van der Waals surface area contributed by atoms with Gasteiger partial charge in [0.25, 0.3) is 5.91 Å². The number of thiazole rings is 1. The second-order valence-corrected chi connectivity index (χ2v) is 7.12. The van der Waals surface area contributed by atoms with E-state index in [1.165, 1.54) is 42.4 Å². The average molecular weight is 360 g/mol. The number of nitrogens with zero attached hydrogens (tertiary/aromatic N) is 1. The number of nitrogens with one attached hydrogen (secondary N) is 1. The molecule has 6 nitrogen and oxygen atoms in total. The van der Waals surface area contributed by atoms with Crippen molar-refractivity contribution < 1.29 is 19.4 Å². The van der Waals surface area contributed by atoms with Crippen molar-refractivity contribution in [1.82, 2.24) is 4.98 Å². The summed E-state index contributed by atoms with van der Waals surface area (Å²) >= 11 is 1.19. The molecule has 0 bridgehead atoms. The van der Waals surface area contributed by atoms with E-state index < -0.39 is 5.97 Å². The molecule has 0 saturated heterocycles. The summed E-state index contributed by atoms with van der Waals surface area (Å²) in [5, 5.41) is 12.2. The van der Waals surface area contributed by atoms with Gasteiger partial charge in [-0.3, -0.25) is 14.9 Å². The molecule has 25 heavy (non-hydrogen) atoms. The van der Waals surface area contributed by atoms with Crippen LogP contribution in [0.15, 0.2) is 18.2 Å². The molecule has 1 aliphatic carbocycles. The summed E-state index contributed by atoms with van der Waals surface area (Å²) in [6.45, 7) is -0.0674. The van der Waals surface area contributed by atoms with E-state index in [1.807, 2.05) is 6.07 Å². The van der Waals surface area contributed by atoms with Crippen LogP contribution in [0.1, 0.15) is 28.8 Å². The molecule has 0 spiro atoms. The number of carboxylic acid groups (broad SMARTS) is 1. The molecule has 1 aliphatic rings. The van der Waals surface area contributed by atoms with Crippen LogP contribution in [0.5, 0.6) is 0 Å². The third-order valence-corrected chi connectivity index (χ3v) is 5.12. The molecule has 1 aromatic heterocycles. The van der Waals surface area contributed by atoms with Crippen LogP contribution in [0.25, 0.3) is 11.3 Å². The fourth-order valence-corrected chi connectivity index (χ4v) is 4.05. The predicted octanol–water partition coefficient (Wildman–Crippen LogP) is 2.90. The quantitative estimate of drug-likeness (QED) is 0.827. The smallest absolute Gasteiger partial charge is 0.308 e. The maximum Gasteiger partial charge on any atom is 0.308 e. The van der Waals surface area contributed by atoms with Crippen LogP contribution in [0.2, 0.25) is 0 Å². The fourth-order valence-electron chi connectivity index (χ4n) is 3.06. The molecule has 0 saturated carbocycles. The van der Waals surface area contributed by atoms with E-state index in [9.17, 15) is 14.7 Å². The van der Waals surface area contributed by atoms with Crippen LogP contribution in [-0.4, -0.2) is 35.7 Å². The summed E-state index contributed by atoms with van der Waals surface area (Å²) in [4.78, 5) is 28.0. The number of benzene rings is 1. The molecule has 0 radical (unpaired) electrons. The molecule has 2 aromatic rings. The van der Waals surface area contributed by atoms with E-state index >= 15 is 0 Å². The standard InChI is InChI=1S/C18H20N2O4S/c1-24-10-15(21)19-18-20-17(14(25-18)9-16(22)23)13-7-6-11-4-2-3-5-12(11)8-13/h6-8H,2-5,9-10H2,1H3,(H,22,23)(H,19,20,21). The number of anilines is 1. The highest BCUT2D eigenvalue weighted by Crippen LogP contribution is 2.34. The SMILES string of the molecule is COCC(=O)Nc1nc(-c2ccc3c(c2)CCCC3)c(CC(=O)O)s1. The van der Waals surface area contributed by atoms with E-state index in [0.29, 0.717) is 15.7 Å². The highest BCUT2D eigenvalue weighted by Gasteiger charge is 2.19. The van der Waals surface area contributed by atoms with Crippen molar-refractivity contribution in [2.75, 3.05) is 19.0 Å². The van der Waals surface area contributed by atoms with Gasteiger partial charge in [0.2, 0.25) is 0 Å². The number of hydrogen-bond acceptors (Lipinski definition) is 5. The number of aryl methyl sites for hydroxylation is 2. The molecular weight excluding hydrogens is 340 g/mol. The van der Waals surface area contributed by atoms with Crippen LogP contribution in [0, 0.1) is 0 Å². The lowest BCUT2D eigenvalue weighted by molar-refractivity contribution is -0.136. The summed E-state index contributed by atoms with van der Waals surface area (Å²) in [5.74, 6) is -1.23. The summed E-state index contributed by atoms with van der Waals surface area (Å²) in [5.41, 5.74) is 4.20. The van der Waals surface area contributed by atoms with Crippen molar-refractivity contribution in [2.24, 2.45) is 0 Å². The van der Waals surface area contributed by atoms with Crippen LogP contribution < -0.4 is 5.32 Å². The van der Waals surface area contributed by atoms with Crippen molar-refractivity contribution in [1.29, 1.82) is 0 Å². The first-order valence-corrected chi connectivity index (χ1v) is 9.01. The highest BCUT2D eigenvalue weighted by molar-refractivity contribution is 7.16. The molecule has 3 rings (SSSR count). The minimum Gasteiger partial charge on any atom is -0.481 e. The molecule has 0 unspecified atom stereocenters. The third kappa shape index (κ3) is 4.24. The van der Waals surface area contributed by atoms with Crippen molar-refractivity contribution in [2.45, 2.75) is 32.1 Å². The van der Waals surface area contributed by atoms with Gasteiger partial charge in [-0.2, -0.15) is 0 Å². The van der Waals surface area contributed by atoms with Gasteiger partial charge in [-0.25, -0.2) is 4.98 Å². The monoisotopic (exact) mass is 360 g/mol. The lowest BCUT2D eigenvalue weighted by Crippen LogP contribution is -2.16. The number of hydrogen-bond donors (Lipinski definition) is 2. The molecule has 1 heterocycles. The first-order chi connectivity index (χ1) is 12.1. The van der Waals surface area contributed by atoms with E-state index in [2.05, 4.69) is 22.4 Å². The molecule has 0 atom stereocenters. The topological polar surface area (TPSA) is 88.5 Å². The Morgan fingerprint density at radius 1 is 1.28 bits per heavy atom. The number of methoxy groups -OCH3 is 1. The van der Waals surface area contributed by atoms with E-state index in [0.717, 1.165) is 18.4 Å². The van der Waals surface area contributed by atoms with Crippen molar-refractivity contribution in [3.63, 3.8) is 0 Å². The van der Waals surface area contributed by atoms with Gasteiger partial charge in [-0.05, 0) is 42.9 Å². The molecule has 0 aliphatic heterocycles. The molecular formula is C18H20N2O4S. The summed E-state index contributed by atoms with van der Waals surface area (Å²) in [6, 6.07) is 6.21. The molecule has 7 heteroatoms. The van der Waals surface area contributed by atoms with Gasteiger partial charge in [0.1, 0.15) is 6.61 Å². The zero-order chi connectivity index (χ0) is 17.8. The van der Waals surface area contributed by atoms with Gasteiger partial charge >= 0.3 is 5.97 Å². The van der Waals surface area contributed by atoms with Gasteiger partial charge in [0.15, 0.2) is 5.13 Å². The van der Waals surface area contributed by atoms with Gasteiger partial charge in [-0.15, -0.1) is 11.3 Å². The number of carbonyl (C=O) groups is 2. The van der Waals surface area contributed by atoms with Crippen LogP contribution in [0.3, 0.4) is 0 Å². The maximum atomic E-state index is 11.7. The molecule has 2 N–H and O–H groups in total. The van der Waals surface area contributed by atoms with Gasteiger partial charge < -0.3 is 9.84 Å². The Kier molecular flexibility index (Phi) is 5.45. The third-order valence-electron chi connectivity index (χ3n) is 4.15. The number of aliphatic carboxylic acids is 1. The lowest BCUT2D eigenvalue weighted by Gasteiger charge is -2.16. The Morgan fingerprint density at radius 2 is 2.04 bits per heavy atom. The zero-order valence-corrected chi connectivity index (χ0v) is 14.8. The summed E-state index contributed by atoms with van der Waals surface area (Å²) in [7, 11) is 1.44. The molecule has 0 fully saturated rings. The van der Waals surface area contributed by atoms with Crippen molar-refractivity contribution >= 4 is 28.3 Å². The zero-order valence-electron chi connectivity index (χ0n) is 14.0. The Morgan fingerprint density at radius 3 is 2.76 bits per heavy atom. The number of carboxylic acids is 1. The first kappa shape index (κ1) is 17.6. The number of rotatable bonds is 6. The summed E-state index contributed by atoms with van der Waals surface area (Å²) < 4.78 is 4.79. The fraction of sp³-hybridized carbons (Fsp3) is 0.389. The highest BCUT2D eigenvalue weighted by atomic mass is 32.1. The average Bonchev–Trinajstić information content (AvgIpc) is 2.96. The predicted molar refractivity (Wildman–Crippen MR) is 96.0 cm³/mol. The van der Waals surface area contributed by atoms with Gasteiger partial charge in [0, 0.05) is 17.6 Å². The minimum atomic E-state index is -0.919. The largest absolute Gasteiger partial charge is 0.481 e. The Bertz CT molecular complexity index is 800. The van der Waals surface area contributed by atoms with Crippen LogP contribution in [0.4, 0.5) is 5.13 Å². The van der Waals surface area contributed by atoms with Gasteiger partial charge in [0.05, 0.1) is 12.1 Å². The number of fused-ring (bicyclic) bond motifs is 1. The van der Waals surface area contributed by atoms with E-state index in [4.69, 9.17) is 4.74 Å². The second kappa shape index (κ2) is 7.76. The second-order valence-electron chi connectivity index (χ2n) is 6.03. The van der Waals surface area contributed by atoms with Crippen molar-refractivity contribution in [3.05, 3.63) is 34.2 Å². The van der Waals surface area contributed by atoms with E-state index in [1.54, 1.807) is 0 Å². The normalized spacial score (nSPS) is 13.3. The first-order valence-electron chi connectivity index (χ1n) is 8.19. The molecule has 1 aromatic carbocycles. The minimum absolute atomic E-state index is 0.0674. The van der Waals surface area contributed by atoms with Crippen LogP contribution >= 0.6 is 11.3 Å². The number of ether oxygens (including phenoxy) is 1. The summed E-state index contributed by atoms with van der Waals surface area (Å²) in [6.07, 6.45) is 4.40. The Balaban J connectivity index is 1.94. The van der Waals surface area contributed by atoms with Gasteiger partial charge in [-0.1, -0.05) is 12.1 Å².